The van der Waals surface area contributed by atoms with E-state index in [2.05, 4.69) is 40.4 Å². The molecule has 3 aliphatic rings. The van der Waals surface area contributed by atoms with Crippen LogP contribution in [0.1, 0.15) is 41.1 Å². The highest BCUT2D eigenvalue weighted by molar-refractivity contribution is 7.90. The number of pyridine rings is 1. The monoisotopic (exact) mass is 452 g/mol. The summed E-state index contributed by atoms with van der Waals surface area (Å²) in [6.45, 7) is 5.19. The lowest BCUT2D eigenvalue weighted by Gasteiger charge is -2.33. The summed E-state index contributed by atoms with van der Waals surface area (Å²) in [5.74, 6) is 0. The molecule has 2 aliphatic heterocycles. The van der Waals surface area contributed by atoms with Gasteiger partial charge in [-0.1, -0.05) is 6.07 Å². The van der Waals surface area contributed by atoms with E-state index in [1.54, 1.807) is 4.31 Å². The van der Waals surface area contributed by atoms with Gasteiger partial charge in [0.15, 0.2) is 0 Å². The molecule has 0 radical (unpaired) electrons. The second-order valence-electron chi connectivity index (χ2n) is 9.20. The van der Waals surface area contributed by atoms with Gasteiger partial charge in [-0.2, -0.15) is 4.31 Å². The zero-order valence-electron chi connectivity index (χ0n) is 18.2. The Morgan fingerprint density at radius 1 is 1.19 bits per heavy atom. The fourth-order valence-electron chi connectivity index (χ4n) is 5.00. The van der Waals surface area contributed by atoms with E-state index in [0.29, 0.717) is 26.3 Å². The maximum atomic E-state index is 12.9. The number of nitrogens with one attached hydrogen (secondary N) is 2. The Hall–Kier alpha value is -2.26. The van der Waals surface area contributed by atoms with Gasteiger partial charge in [-0.3, -0.25) is 0 Å². The molecule has 1 atom stereocenters. The van der Waals surface area contributed by atoms with Crippen LogP contribution in [0.5, 0.6) is 0 Å². The number of aromatic amines is 1. The van der Waals surface area contributed by atoms with E-state index in [0.717, 1.165) is 59.1 Å². The largest absolute Gasteiger partial charge is 0.378 e. The van der Waals surface area contributed by atoms with Gasteiger partial charge in [-0.15, -0.1) is 0 Å². The Balaban J connectivity index is 1.44. The first kappa shape index (κ1) is 20.4. The van der Waals surface area contributed by atoms with Crippen LogP contribution in [0.4, 0.5) is 0 Å². The summed E-state index contributed by atoms with van der Waals surface area (Å²) in [4.78, 5) is 7.83. The fraction of sp³-hybridized carbons (Fsp3) is 0.458. The summed E-state index contributed by atoms with van der Waals surface area (Å²) in [7, 11) is -3.20. The maximum absolute atomic E-state index is 12.9. The van der Waals surface area contributed by atoms with Gasteiger partial charge in [-0.25, -0.2) is 13.4 Å². The molecule has 168 valence electrons. The molecule has 1 aliphatic carbocycles. The highest BCUT2D eigenvalue weighted by atomic mass is 32.2. The van der Waals surface area contributed by atoms with Crippen LogP contribution in [0.2, 0.25) is 0 Å². The number of morpholine rings is 1. The average molecular weight is 453 g/mol. The van der Waals surface area contributed by atoms with Crippen molar-refractivity contribution in [2.75, 3.05) is 26.3 Å². The molecule has 1 saturated carbocycles. The topological polar surface area (TPSA) is 87.3 Å². The van der Waals surface area contributed by atoms with Gasteiger partial charge in [-0.05, 0) is 66.1 Å². The molecule has 32 heavy (non-hydrogen) atoms. The molecule has 3 aromatic rings. The number of benzene rings is 1. The van der Waals surface area contributed by atoms with E-state index >= 15 is 0 Å². The first-order valence-corrected chi connectivity index (χ1v) is 12.9. The number of rotatable bonds is 4. The van der Waals surface area contributed by atoms with Crippen molar-refractivity contribution >= 4 is 21.1 Å². The molecule has 2 N–H and O–H groups in total. The Labute approximate surface area is 188 Å². The molecule has 7 nitrogen and oxygen atoms in total. The normalized spacial score (nSPS) is 22.2. The zero-order chi connectivity index (χ0) is 21.9. The summed E-state index contributed by atoms with van der Waals surface area (Å²) >= 11 is 0. The van der Waals surface area contributed by atoms with Crippen LogP contribution in [0, 0.1) is 6.92 Å². The van der Waals surface area contributed by atoms with E-state index in [4.69, 9.17) is 4.74 Å². The van der Waals surface area contributed by atoms with Crippen molar-refractivity contribution in [3.63, 3.8) is 0 Å². The Kier molecular flexibility index (Phi) is 4.87. The third-order valence-electron chi connectivity index (χ3n) is 7.02. The van der Waals surface area contributed by atoms with Crippen molar-refractivity contribution in [1.82, 2.24) is 19.6 Å². The summed E-state index contributed by atoms with van der Waals surface area (Å²) in [5.41, 5.74) is 7.80. The van der Waals surface area contributed by atoms with E-state index in [1.165, 1.54) is 11.1 Å². The molecular formula is C24H28N4O3S. The van der Waals surface area contributed by atoms with Gasteiger partial charge >= 0.3 is 0 Å². The lowest BCUT2D eigenvalue weighted by Crippen LogP contribution is -2.40. The van der Waals surface area contributed by atoms with E-state index < -0.39 is 10.0 Å². The number of aromatic nitrogens is 2. The third-order valence-corrected chi connectivity index (χ3v) is 9.36. The van der Waals surface area contributed by atoms with Gasteiger partial charge in [0, 0.05) is 43.0 Å². The number of aryl methyl sites for hydroxylation is 1. The predicted octanol–water partition coefficient (Wildman–Crippen LogP) is 3.05. The van der Waals surface area contributed by atoms with E-state index in [9.17, 15) is 8.42 Å². The first-order chi connectivity index (χ1) is 15.5. The van der Waals surface area contributed by atoms with Crippen molar-refractivity contribution in [1.29, 1.82) is 0 Å². The number of H-pyrrole nitrogens is 1. The summed E-state index contributed by atoms with van der Waals surface area (Å²) in [5, 5.41) is 4.53. The van der Waals surface area contributed by atoms with Crippen LogP contribution < -0.4 is 5.32 Å². The summed E-state index contributed by atoms with van der Waals surface area (Å²) < 4.78 is 33.4. The average Bonchev–Trinajstić information content (AvgIpc) is 3.63. The number of hydrogen-bond acceptors (Lipinski definition) is 5. The van der Waals surface area contributed by atoms with Crippen LogP contribution in [-0.2, 0) is 27.7 Å². The minimum atomic E-state index is -3.20. The highest BCUT2D eigenvalue weighted by Gasteiger charge is 2.41. The van der Waals surface area contributed by atoms with E-state index in [1.807, 2.05) is 12.4 Å². The Morgan fingerprint density at radius 3 is 2.84 bits per heavy atom. The van der Waals surface area contributed by atoms with Crippen LogP contribution >= 0.6 is 0 Å². The van der Waals surface area contributed by atoms with Crippen molar-refractivity contribution in [3.05, 3.63) is 52.8 Å². The lowest BCUT2D eigenvalue weighted by molar-refractivity contribution is 0.0764. The fourth-order valence-corrected chi connectivity index (χ4v) is 6.81. The molecule has 1 saturated heterocycles. The zero-order valence-corrected chi connectivity index (χ0v) is 19.0. The van der Waals surface area contributed by atoms with Gasteiger partial charge in [0.2, 0.25) is 10.0 Å². The minimum Gasteiger partial charge on any atom is -0.378 e. The molecule has 8 heteroatoms. The minimum absolute atomic E-state index is 0.0618. The maximum Gasteiger partial charge on any atom is 0.217 e. The van der Waals surface area contributed by atoms with E-state index in [-0.39, 0.29) is 11.3 Å². The molecule has 0 amide bonds. The molecule has 6 rings (SSSR count). The number of ether oxygens (including phenoxy) is 1. The van der Waals surface area contributed by atoms with Crippen LogP contribution in [-0.4, -0.2) is 54.2 Å². The standard InChI is InChI=1S/C24H28N4O3S/c1-15-11-26-24-20(15)10-18(12-27-24)17-8-16-4-6-28(32(29,30)19-2-3-19)13-22(16)21(9-17)23-14-31-7-5-25-23/h8-12,19,23,25H,2-7,13-14H2,1H3,(H,26,27). The van der Waals surface area contributed by atoms with Crippen LogP contribution in [0.25, 0.3) is 22.2 Å². The quantitative estimate of drug-likeness (QED) is 0.635. The smallest absolute Gasteiger partial charge is 0.217 e. The van der Waals surface area contributed by atoms with Gasteiger partial charge < -0.3 is 15.0 Å². The number of fused-ring (bicyclic) bond motifs is 2. The number of hydrogen-bond donors (Lipinski definition) is 2. The molecule has 1 unspecified atom stereocenters. The molecule has 4 heterocycles. The van der Waals surface area contributed by atoms with Gasteiger partial charge in [0.05, 0.1) is 24.5 Å². The molecule has 0 spiro atoms. The number of nitrogens with zero attached hydrogens (tertiary/aromatic N) is 2. The van der Waals surface area contributed by atoms with Crippen molar-refractivity contribution in [3.8, 4) is 11.1 Å². The van der Waals surface area contributed by atoms with Gasteiger partial charge in [0.1, 0.15) is 5.65 Å². The summed E-state index contributed by atoms with van der Waals surface area (Å²) in [6, 6.07) is 6.70. The molecule has 0 bridgehead atoms. The molecule has 2 aromatic heterocycles. The second-order valence-corrected chi connectivity index (χ2v) is 11.4. The molecular weight excluding hydrogens is 424 g/mol. The predicted molar refractivity (Wildman–Crippen MR) is 124 cm³/mol. The Bertz CT molecular complexity index is 1290. The highest BCUT2D eigenvalue weighted by Crippen LogP contribution is 2.38. The third kappa shape index (κ3) is 3.46. The Morgan fingerprint density at radius 2 is 2.06 bits per heavy atom. The van der Waals surface area contributed by atoms with Crippen LogP contribution in [0.3, 0.4) is 0 Å². The second kappa shape index (κ2) is 7.66. The number of sulfonamides is 1. The SMILES string of the molecule is Cc1c[nH]c2ncc(-c3cc4c(c(C5COCCN5)c3)CN(S(=O)(=O)C3CC3)CC4)cc12. The van der Waals surface area contributed by atoms with Crippen molar-refractivity contribution in [2.24, 2.45) is 0 Å². The lowest BCUT2D eigenvalue weighted by atomic mass is 9.88. The molecule has 1 aromatic carbocycles. The van der Waals surface area contributed by atoms with Gasteiger partial charge in [0.25, 0.3) is 0 Å². The first-order valence-electron chi connectivity index (χ1n) is 11.4. The summed E-state index contributed by atoms with van der Waals surface area (Å²) in [6.07, 6.45) is 6.22. The molecule has 2 fully saturated rings. The van der Waals surface area contributed by atoms with Crippen molar-refractivity contribution in [2.45, 2.75) is 44.0 Å². The van der Waals surface area contributed by atoms with Crippen LogP contribution in [0.15, 0.2) is 30.6 Å². The van der Waals surface area contributed by atoms with Crippen molar-refractivity contribution < 1.29 is 13.2 Å².